The molecule has 1 heterocycles. The molecule has 0 atom stereocenters. The number of ether oxygens (including phenoxy) is 1. The molecule has 132 valence electrons. The second kappa shape index (κ2) is 8.17. The van der Waals surface area contributed by atoms with Gasteiger partial charge < -0.3 is 14.5 Å². The Hall–Kier alpha value is -3.33. The van der Waals surface area contributed by atoms with E-state index in [2.05, 4.69) is 17.0 Å². The molecule has 1 aliphatic rings. The normalized spacial score (nSPS) is 13.8. The van der Waals surface area contributed by atoms with Gasteiger partial charge in [-0.15, -0.1) is 0 Å². The van der Waals surface area contributed by atoms with Crippen molar-refractivity contribution in [1.82, 2.24) is 4.90 Å². The largest absolute Gasteiger partial charge is 0.452 e. The number of amides is 1. The van der Waals surface area contributed by atoms with Crippen LogP contribution >= 0.6 is 0 Å². The van der Waals surface area contributed by atoms with Crippen LogP contribution in [0.4, 0.5) is 5.69 Å². The SMILES string of the molecule is N#Cc1cccc(C(=O)OCC(=O)N2CCN(c3ccccc3)CC2)c1. The molecule has 0 radical (unpaired) electrons. The van der Waals surface area contributed by atoms with E-state index in [-0.39, 0.29) is 18.1 Å². The molecule has 26 heavy (non-hydrogen) atoms. The highest BCUT2D eigenvalue weighted by Crippen LogP contribution is 2.15. The van der Waals surface area contributed by atoms with E-state index in [1.807, 2.05) is 24.3 Å². The Bertz CT molecular complexity index is 822. The van der Waals surface area contributed by atoms with Gasteiger partial charge in [0.05, 0.1) is 17.2 Å². The van der Waals surface area contributed by atoms with Crippen molar-refractivity contribution < 1.29 is 14.3 Å². The predicted octanol–water partition coefficient (Wildman–Crippen LogP) is 2.06. The first-order valence-electron chi connectivity index (χ1n) is 8.42. The molecule has 0 bridgehead atoms. The van der Waals surface area contributed by atoms with Crippen LogP contribution in [0.2, 0.25) is 0 Å². The third-order valence-electron chi connectivity index (χ3n) is 4.31. The maximum absolute atomic E-state index is 12.3. The van der Waals surface area contributed by atoms with Gasteiger partial charge in [-0.25, -0.2) is 4.79 Å². The first-order chi connectivity index (χ1) is 12.7. The molecule has 1 amide bonds. The first-order valence-corrected chi connectivity index (χ1v) is 8.42. The third kappa shape index (κ3) is 4.19. The number of nitrogens with zero attached hydrogens (tertiary/aromatic N) is 3. The summed E-state index contributed by atoms with van der Waals surface area (Å²) in [5.41, 5.74) is 1.79. The predicted molar refractivity (Wildman–Crippen MR) is 96.7 cm³/mol. The topological polar surface area (TPSA) is 73.6 Å². The van der Waals surface area contributed by atoms with Crippen molar-refractivity contribution in [1.29, 1.82) is 5.26 Å². The second-order valence-corrected chi connectivity index (χ2v) is 5.97. The van der Waals surface area contributed by atoms with E-state index in [1.165, 1.54) is 6.07 Å². The van der Waals surface area contributed by atoms with Crippen molar-refractivity contribution in [2.75, 3.05) is 37.7 Å². The summed E-state index contributed by atoms with van der Waals surface area (Å²) in [5, 5.41) is 8.87. The molecule has 2 aromatic carbocycles. The fraction of sp³-hybridized carbons (Fsp3) is 0.250. The highest BCUT2D eigenvalue weighted by atomic mass is 16.5. The zero-order valence-electron chi connectivity index (χ0n) is 14.3. The Labute approximate surface area is 152 Å². The van der Waals surface area contributed by atoms with E-state index >= 15 is 0 Å². The third-order valence-corrected chi connectivity index (χ3v) is 4.31. The molecule has 6 heteroatoms. The standard InChI is InChI=1S/C20H19N3O3/c21-14-16-5-4-6-17(13-16)20(25)26-15-19(24)23-11-9-22(10-12-23)18-7-2-1-3-8-18/h1-8,13H,9-12,15H2. The summed E-state index contributed by atoms with van der Waals surface area (Å²) >= 11 is 0. The van der Waals surface area contributed by atoms with Crippen molar-refractivity contribution in [3.63, 3.8) is 0 Å². The minimum atomic E-state index is -0.599. The number of para-hydroxylation sites is 1. The summed E-state index contributed by atoms with van der Waals surface area (Å²) in [5.74, 6) is -0.805. The lowest BCUT2D eigenvalue weighted by molar-refractivity contribution is -0.134. The molecule has 3 rings (SSSR count). The molecule has 0 unspecified atom stereocenters. The summed E-state index contributed by atoms with van der Waals surface area (Å²) in [6.45, 7) is 2.38. The molecule has 0 aromatic heterocycles. The van der Waals surface area contributed by atoms with Crippen LogP contribution in [0.1, 0.15) is 15.9 Å². The Balaban J connectivity index is 1.48. The van der Waals surface area contributed by atoms with Crippen molar-refractivity contribution >= 4 is 17.6 Å². The van der Waals surface area contributed by atoms with Gasteiger partial charge >= 0.3 is 5.97 Å². The lowest BCUT2D eigenvalue weighted by Gasteiger charge is -2.36. The molecular weight excluding hydrogens is 330 g/mol. The van der Waals surface area contributed by atoms with E-state index in [0.29, 0.717) is 18.7 Å². The molecule has 0 N–H and O–H groups in total. The van der Waals surface area contributed by atoms with Gasteiger partial charge in [-0.2, -0.15) is 5.26 Å². The summed E-state index contributed by atoms with van der Waals surface area (Å²) in [4.78, 5) is 28.2. The number of rotatable bonds is 4. The lowest BCUT2D eigenvalue weighted by atomic mass is 10.1. The monoisotopic (exact) mass is 349 g/mol. The van der Waals surface area contributed by atoms with Gasteiger partial charge in [0.1, 0.15) is 0 Å². The Kier molecular flexibility index (Phi) is 5.49. The van der Waals surface area contributed by atoms with Crippen LogP contribution in [0.15, 0.2) is 54.6 Å². The molecule has 1 saturated heterocycles. The average molecular weight is 349 g/mol. The average Bonchev–Trinajstić information content (AvgIpc) is 2.72. The second-order valence-electron chi connectivity index (χ2n) is 5.97. The number of carbonyl (C=O) groups excluding carboxylic acids is 2. The fourth-order valence-corrected chi connectivity index (χ4v) is 2.87. The minimum Gasteiger partial charge on any atom is -0.452 e. The molecule has 0 spiro atoms. The van der Waals surface area contributed by atoms with E-state index in [9.17, 15) is 9.59 Å². The van der Waals surface area contributed by atoms with Crippen LogP contribution in [0.5, 0.6) is 0 Å². The van der Waals surface area contributed by atoms with Gasteiger partial charge in [-0.3, -0.25) is 4.79 Å². The number of carbonyl (C=O) groups is 2. The van der Waals surface area contributed by atoms with Crippen LogP contribution in [0.25, 0.3) is 0 Å². The fourth-order valence-electron chi connectivity index (χ4n) is 2.87. The van der Waals surface area contributed by atoms with E-state index in [4.69, 9.17) is 10.00 Å². The molecule has 0 aliphatic carbocycles. The molecule has 1 aliphatic heterocycles. The maximum atomic E-state index is 12.3. The molecule has 2 aromatic rings. The molecule has 1 fully saturated rings. The van der Waals surface area contributed by atoms with Crippen molar-refractivity contribution in [3.05, 3.63) is 65.7 Å². The maximum Gasteiger partial charge on any atom is 0.338 e. The lowest BCUT2D eigenvalue weighted by Crippen LogP contribution is -2.49. The zero-order chi connectivity index (χ0) is 18.4. The van der Waals surface area contributed by atoms with E-state index in [1.54, 1.807) is 23.1 Å². The summed E-state index contributed by atoms with van der Waals surface area (Å²) in [6.07, 6.45) is 0. The van der Waals surface area contributed by atoms with Crippen LogP contribution < -0.4 is 4.90 Å². The summed E-state index contributed by atoms with van der Waals surface area (Å²) in [6, 6.07) is 18.3. The summed E-state index contributed by atoms with van der Waals surface area (Å²) in [7, 11) is 0. The van der Waals surface area contributed by atoms with Crippen molar-refractivity contribution in [3.8, 4) is 6.07 Å². The van der Waals surface area contributed by atoms with Gasteiger partial charge in [-0.05, 0) is 30.3 Å². The molecular formula is C20H19N3O3. The Morgan fingerprint density at radius 1 is 1.00 bits per heavy atom. The highest BCUT2D eigenvalue weighted by molar-refractivity contribution is 5.91. The minimum absolute atomic E-state index is 0.206. The number of esters is 1. The number of nitriles is 1. The number of benzene rings is 2. The van der Waals surface area contributed by atoms with Gasteiger partial charge in [0.15, 0.2) is 6.61 Å². The van der Waals surface area contributed by atoms with Crippen LogP contribution in [0.3, 0.4) is 0 Å². The van der Waals surface area contributed by atoms with E-state index in [0.717, 1.165) is 18.8 Å². The van der Waals surface area contributed by atoms with Gasteiger partial charge in [0.2, 0.25) is 0 Å². The molecule has 0 saturated carbocycles. The Morgan fingerprint density at radius 2 is 1.73 bits per heavy atom. The summed E-state index contributed by atoms with van der Waals surface area (Å²) < 4.78 is 5.10. The van der Waals surface area contributed by atoms with E-state index < -0.39 is 5.97 Å². The highest BCUT2D eigenvalue weighted by Gasteiger charge is 2.22. The van der Waals surface area contributed by atoms with Gasteiger partial charge in [0, 0.05) is 31.9 Å². The first kappa shape index (κ1) is 17.5. The van der Waals surface area contributed by atoms with Crippen molar-refractivity contribution in [2.24, 2.45) is 0 Å². The van der Waals surface area contributed by atoms with Gasteiger partial charge in [-0.1, -0.05) is 24.3 Å². The number of piperazine rings is 1. The number of hydrogen-bond donors (Lipinski definition) is 0. The van der Waals surface area contributed by atoms with Crippen LogP contribution in [-0.4, -0.2) is 49.6 Å². The van der Waals surface area contributed by atoms with Crippen LogP contribution in [-0.2, 0) is 9.53 Å². The number of hydrogen-bond acceptors (Lipinski definition) is 5. The Morgan fingerprint density at radius 3 is 2.42 bits per heavy atom. The van der Waals surface area contributed by atoms with Crippen LogP contribution in [0, 0.1) is 11.3 Å². The molecule has 6 nitrogen and oxygen atoms in total. The number of anilines is 1. The quantitative estimate of drug-likeness (QED) is 0.790. The van der Waals surface area contributed by atoms with Crippen molar-refractivity contribution in [2.45, 2.75) is 0 Å². The smallest absolute Gasteiger partial charge is 0.338 e. The zero-order valence-corrected chi connectivity index (χ0v) is 14.3. The van der Waals surface area contributed by atoms with Gasteiger partial charge in [0.25, 0.3) is 5.91 Å².